The molecule has 1 fully saturated rings. The molecule has 1 saturated heterocycles. The standard InChI is InChI=1S/C21H25IN2O2/c1-24-13-5-4-7-19(24)15-26-20-8-3-2-6-17(20)14-23-21(25)16-9-11-18(22)12-10-16/h2-3,6,8-12,19H,4-5,7,13-15H2,1H3,(H,23,25). The highest BCUT2D eigenvalue weighted by Gasteiger charge is 2.19. The summed E-state index contributed by atoms with van der Waals surface area (Å²) in [6.45, 7) is 2.29. The zero-order chi connectivity index (χ0) is 18.4. The van der Waals surface area contributed by atoms with Gasteiger partial charge in [0.2, 0.25) is 0 Å². The van der Waals surface area contributed by atoms with E-state index in [2.05, 4.69) is 39.9 Å². The lowest BCUT2D eigenvalue weighted by Crippen LogP contribution is -2.40. The fourth-order valence-corrected chi connectivity index (χ4v) is 3.57. The lowest BCUT2D eigenvalue weighted by atomic mass is 10.0. The summed E-state index contributed by atoms with van der Waals surface area (Å²) in [6, 6.07) is 16.0. The van der Waals surface area contributed by atoms with Gasteiger partial charge in [-0.1, -0.05) is 24.6 Å². The number of benzene rings is 2. The van der Waals surface area contributed by atoms with E-state index < -0.39 is 0 Å². The maximum atomic E-state index is 12.3. The molecule has 5 heteroatoms. The Morgan fingerprint density at radius 2 is 1.96 bits per heavy atom. The van der Waals surface area contributed by atoms with Gasteiger partial charge in [0.25, 0.3) is 5.91 Å². The Hall–Kier alpha value is -1.60. The molecule has 2 aromatic carbocycles. The van der Waals surface area contributed by atoms with Crippen LogP contribution in [-0.4, -0.2) is 37.0 Å². The molecule has 2 aromatic rings. The number of nitrogens with one attached hydrogen (secondary N) is 1. The van der Waals surface area contributed by atoms with Crippen molar-refractivity contribution in [3.63, 3.8) is 0 Å². The first kappa shape index (κ1) is 19.2. The van der Waals surface area contributed by atoms with Crippen LogP contribution in [0.15, 0.2) is 48.5 Å². The zero-order valence-corrected chi connectivity index (χ0v) is 17.2. The highest BCUT2D eigenvalue weighted by atomic mass is 127. The predicted octanol–water partition coefficient (Wildman–Crippen LogP) is 4.08. The van der Waals surface area contributed by atoms with Crippen molar-refractivity contribution in [1.29, 1.82) is 0 Å². The molecule has 0 spiro atoms. The predicted molar refractivity (Wildman–Crippen MR) is 113 cm³/mol. The minimum absolute atomic E-state index is 0.0665. The summed E-state index contributed by atoms with van der Waals surface area (Å²) in [7, 11) is 2.17. The summed E-state index contributed by atoms with van der Waals surface area (Å²) < 4.78 is 7.22. The molecule has 0 aliphatic carbocycles. The molecular formula is C21H25IN2O2. The largest absolute Gasteiger partial charge is 0.492 e. The summed E-state index contributed by atoms with van der Waals surface area (Å²) in [5.74, 6) is 0.789. The van der Waals surface area contributed by atoms with Crippen LogP contribution < -0.4 is 10.1 Å². The third kappa shape index (κ3) is 5.20. The van der Waals surface area contributed by atoms with E-state index in [0.717, 1.165) is 21.4 Å². The van der Waals surface area contributed by atoms with E-state index in [9.17, 15) is 4.79 Å². The molecule has 1 atom stereocenters. The summed E-state index contributed by atoms with van der Waals surface area (Å²) in [5.41, 5.74) is 1.68. The number of ether oxygens (including phenoxy) is 1. The van der Waals surface area contributed by atoms with Crippen molar-refractivity contribution >= 4 is 28.5 Å². The first-order valence-electron chi connectivity index (χ1n) is 9.08. The van der Waals surface area contributed by atoms with Gasteiger partial charge in [0, 0.05) is 27.3 Å². The van der Waals surface area contributed by atoms with Crippen molar-refractivity contribution in [1.82, 2.24) is 10.2 Å². The fourth-order valence-electron chi connectivity index (χ4n) is 3.21. The van der Waals surface area contributed by atoms with Crippen LogP contribution in [0.5, 0.6) is 5.75 Å². The van der Waals surface area contributed by atoms with Gasteiger partial charge in [-0.15, -0.1) is 0 Å². The van der Waals surface area contributed by atoms with Crippen molar-refractivity contribution in [3.8, 4) is 5.75 Å². The SMILES string of the molecule is CN1CCCCC1COc1ccccc1CNC(=O)c1ccc(I)cc1. The van der Waals surface area contributed by atoms with Crippen LogP contribution in [0.2, 0.25) is 0 Å². The van der Waals surface area contributed by atoms with E-state index in [0.29, 0.717) is 24.8 Å². The quantitative estimate of drug-likeness (QED) is 0.656. The zero-order valence-electron chi connectivity index (χ0n) is 15.1. The normalized spacial score (nSPS) is 17.7. The van der Waals surface area contributed by atoms with Crippen LogP contribution in [0.3, 0.4) is 0 Å². The first-order chi connectivity index (χ1) is 12.6. The van der Waals surface area contributed by atoms with Crippen LogP contribution in [0, 0.1) is 3.57 Å². The number of amides is 1. The van der Waals surface area contributed by atoms with Gasteiger partial charge in [0.1, 0.15) is 12.4 Å². The van der Waals surface area contributed by atoms with E-state index in [1.807, 2.05) is 48.5 Å². The Kier molecular flexibility index (Phi) is 6.91. The van der Waals surface area contributed by atoms with Crippen LogP contribution in [0.1, 0.15) is 35.2 Å². The molecule has 1 aliphatic rings. The van der Waals surface area contributed by atoms with E-state index >= 15 is 0 Å². The number of carbonyl (C=O) groups is 1. The highest BCUT2D eigenvalue weighted by molar-refractivity contribution is 14.1. The minimum Gasteiger partial charge on any atom is -0.492 e. The molecule has 0 bridgehead atoms. The van der Waals surface area contributed by atoms with Gasteiger partial charge >= 0.3 is 0 Å². The Morgan fingerprint density at radius 3 is 2.73 bits per heavy atom. The molecular weight excluding hydrogens is 439 g/mol. The second-order valence-electron chi connectivity index (χ2n) is 6.74. The van der Waals surface area contributed by atoms with E-state index in [1.54, 1.807) is 0 Å². The van der Waals surface area contributed by atoms with Crippen molar-refractivity contribution in [2.24, 2.45) is 0 Å². The van der Waals surface area contributed by atoms with Crippen LogP contribution in [-0.2, 0) is 6.54 Å². The van der Waals surface area contributed by atoms with Gasteiger partial charge in [0.15, 0.2) is 0 Å². The van der Waals surface area contributed by atoms with Crippen molar-refractivity contribution < 1.29 is 9.53 Å². The number of nitrogens with zero attached hydrogens (tertiary/aromatic N) is 1. The Morgan fingerprint density at radius 1 is 1.19 bits per heavy atom. The van der Waals surface area contributed by atoms with Crippen LogP contribution in [0.4, 0.5) is 0 Å². The summed E-state index contributed by atoms with van der Waals surface area (Å²) in [4.78, 5) is 14.7. The van der Waals surface area contributed by atoms with Gasteiger partial charge in [-0.05, 0) is 79.4 Å². The fraction of sp³-hybridized carbons (Fsp3) is 0.381. The van der Waals surface area contributed by atoms with Gasteiger partial charge < -0.3 is 15.0 Å². The highest BCUT2D eigenvalue weighted by Crippen LogP contribution is 2.21. The van der Waals surface area contributed by atoms with E-state index in [-0.39, 0.29) is 5.91 Å². The molecule has 3 rings (SSSR count). The first-order valence-corrected chi connectivity index (χ1v) is 10.2. The van der Waals surface area contributed by atoms with Crippen molar-refractivity contribution in [2.45, 2.75) is 31.8 Å². The lowest BCUT2D eigenvalue weighted by molar-refractivity contribution is 0.0950. The van der Waals surface area contributed by atoms with Crippen molar-refractivity contribution in [3.05, 3.63) is 63.2 Å². The second kappa shape index (κ2) is 9.37. The summed E-state index contributed by atoms with van der Waals surface area (Å²) in [6.07, 6.45) is 3.72. The van der Waals surface area contributed by atoms with Crippen LogP contribution >= 0.6 is 22.6 Å². The molecule has 1 unspecified atom stereocenters. The minimum atomic E-state index is -0.0665. The molecule has 1 N–H and O–H groups in total. The third-order valence-electron chi connectivity index (χ3n) is 4.87. The molecule has 1 amide bonds. The van der Waals surface area contributed by atoms with Gasteiger partial charge in [0.05, 0.1) is 0 Å². The summed E-state index contributed by atoms with van der Waals surface area (Å²) >= 11 is 2.23. The molecule has 138 valence electrons. The van der Waals surface area contributed by atoms with Gasteiger partial charge in [-0.2, -0.15) is 0 Å². The Labute approximate surface area is 169 Å². The average Bonchev–Trinajstić information content (AvgIpc) is 2.66. The molecule has 26 heavy (non-hydrogen) atoms. The second-order valence-corrected chi connectivity index (χ2v) is 7.98. The number of likely N-dealkylation sites (tertiary alicyclic amines) is 1. The number of hydrogen-bond acceptors (Lipinski definition) is 3. The lowest BCUT2D eigenvalue weighted by Gasteiger charge is -2.32. The molecule has 4 nitrogen and oxygen atoms in total. The number of piperidine rings is 1. The van der Waals surface area contributed by atoms with E-state index in [1.165, 1.54) is 19.3 Å². The van der Waals surface area contributed by atoms with Crippen molar-refractivity contribution in [2.75, 3.05) is 20.2 Å². The number of carbonyl (C=O) groups excluding carboxylic acids is 1. The smallest absolute Gasteiger partial charge is 0.251 e. The third-order valence-corrected chi connectivity index (χ3v) is 5.59. The van der Waals surface area contributed by atoms with Gasteiger partial charge in [-0.3, -0.25) is 4.79 Å². The van der Waals surface area contributed by atoms with Gasteiger partial charge in [-0.25, -0.2) is 0 Å². The molecule has 0 saturated carbocycles. The molecule has 0 radical (unpaired) electrons. The number of hydrogen-bond donors (Lipinski definition) is 1. The monoisotopic (exact) mass is 464 g/mol. The Balaban J connectivity index is 1.58. The van der Waals surface area contributed by atoms with E-state index in [4.69, 9.17) is 4.74 Å². The number of rotatable bonds is 6. The maximum Gasteiger partial charge on any atom is 0.251 e. The number of halogens is 1. The maximum absolute atomic E-state index is 12.3. The number of para-hydroxylation sites is 1. The topological polar surface area (TPSA) is 41.6 Å². The average molecular weight is 464 g/mol. The molecule has 1 aliphatic heterocycles. The molecule has 0 aromatic heterocycles. The number of likely N-dealkylation sites (N-methyl/N-ethyl adjacent to an activating group) is 1. The Bertz CT molecular complexity index is 733. The summed E-state index contributed by atoms with van der Waals surface area (Å²) in [5, 5.41) is 2.99. The van der Waals surface area contributed by atoms with Crippen LogP contribution in [0.25, 0.3) is 0 Å². The molecule has 1 heterocycles.